The summed E-state index contributed by atoms with van der Waals surface area (Å²) in [6.07, 6.45) is 5.07. The van der Waals surface area contributed by atoms with Gasteiger partial charge in [-0.15, -0.1) is 0 Å². The van der Waals surface area contributed by atoms with E-state index in [0.29, 0.717) is 18.7 Å². The summed E-state index contributed by atoms with van der Waals surface area (Å²) in [5, 5.41) is 0. The third-order valence-electron chi connectivity index (χ3n) is 3.08. The maximum absolute atomic E-state index is 12.4. The van der Waals surface area contributed by atoms with E-state index in [4.69, 9.17) is 4.74 Å². The lowest BCUT2D eigenvalue weighted by Crippen LogP contribution is -2.38. The minimum Gasteiger partial charge on any atom is -0.469 e. The summed E-state index contributed by atoms with van der Waals surface area (Å²) in [5.74, 6) is -0.731. The molecule has 5 nitrogen and oxygen atoms in total. The van der Waals surface area contributed by atoms with Crippen LogP contribution in [0.3, 0.4) is 0 Å². The molecule has 0 N–H and O–H groups in total. The average molecular weight is 278 g/mol. The summed E-state index contributed by atoms with van der Waals surface area (Å²) in [7, 11) is 1.36. The number of nitrogens with zero attached hydrogens (tertiary/aromatic N) is 2. The summed E-state index contributed by atoms with van der Waals surface area (Å²) >= 11 is 0. The number of carbonyl (C=O) groups is 2. The fourth-order valence-corrected chi connectivity index (χ4v) is 1.90. The van der Waals surface area contributed by atoms with Crippen LogP contribution in [0, 0.1) is 5.92 Å². The molecule has 1 heterocycles. The van der Waals surface area contributed by atoms with Gasteiger partial charge < -0.3 is 9.64 Å². The number of pyridine rings is 1. The average Bonchev–Trinajstić information content (AvgIpc) is 2.50. The molecule has 0 saturated carbocycles. The monoisotopic (exact) mass is 278 g/mol. The summed E-state index contributed by atoms with van der Waals surface area (Å²) in [6, 6.07) is 3.46. The molecule has 20 heavy (non-hydrogen) atoms. The minimum atomic E-state index is -0.336. The minimum absolute atomic E-state index is 0.0951. The number of amides is 1. The molecular weight excluding hydrogens is 256 g/mol. The predicted octanol–water partition coefficient (Wildman–Crippen LogP) is 2.13. The van der Waals surface area contributed by atoms with Gasteiger partial charge in [0.05, 0.1) is 18.6 Å². The van der Waals surface area contributed by atoms with E-state index in [0.717, 1.165) is 12.8 Å². The van der Waals surface area contributed by atoms with Crippen LogP contribution in [-0.2, 0) is 9.53 Å². The van der Waals surface area contributed by atoms with Gasteiger partial charge in [0.15, 0.2) is 0 Å². The fraction of sp³-hybridized carbons (Fsp3) is 0.533. The van der Waals surface area contributed by atoms with Gasteiger partial charge in [-0.3, -0.25) is 14.6 Å². The largest absolute Gasteiger partial charge is 0.469 e. The highest BCUT2D eigenvalue weighted by Crippen LogP contribution is 2.09. The molecule has 1 aromatic heterocycles. The van der Waals surface area contributed by atoms with Crippen molar-refractivity contribution in [3.8, 4) is 0 Å². The van der Waals surface area contributed by atoms with E-state index in [2.05, 4.69) is 11.9 Å². The molecule has 1 aromatic rings. The van der Waals surface area contributed by atoms with E-state index in [1.54, 1.807) is 36.4 Å². The van der Waals surface area contributed by atoms with Gasteiger partial charge in [-0.05, 0) is 18.6 Å². The molecule has 1 amide bonds. The first-order chi connectivity index (χ1) is 9.60. The van der Waals surface area contributed by atoms with Crippen LogP contribution in [0.25, 0.3) is 0 Å². The SMILES string of the molecule is CCCCN(CC(C)C(=O)OC)C(=O)c1cccnc1. The Hall–Kier alpha value is -1.91. The molecule has 1 rings (SSSR count). The van der Waals surface area contributed by atoms with Gasteiger partial charge in [0.25, 0.3) is 5.91 Å². The third kappa shape index (κ3) is 4.64. The maximum atomic E-state index is 12.4. The highest BCUT2D eigenvalue weighted by Gasteiger charge is 2.22. The highest BCUT2D eigenvalue weighted by atomic mass is 16.5. The molecule has 0 aromatic carbocycles. The molecule has 0 radical (unpaired) electrons. The van der Waals surface area contributed by atoms with Crippen LogP contribution in [0.2, 0.25) is 0 Å². The second-order valence-electron chi connectivity index (χ2n) is 4.77. The van der Waals surface area contributed by atoms with Crippen molar-refractivity contribution in [2.75, 3.05) is 20.2 Å². The molecular formula is C15H22N2O3. The lowest BCUT2D eigenvalue weighted by molar-refractivity contribution is -0.145. The van der Waals surface area contributed by atoms with Crippen molar-refractivity contribution in [3.63, 3.8) is 0 Å². The number of methoxy groups -OCH3 is 1. The molecule has 1 unspecified atom stereocenters. The van der Waals surface area contributed by atoms with Gasteiger partial charge >= 0.3 is 5.97 Å². The van der Waals surface area contributed by atoms with Crippen LogP contribution in [0.1, 0.15) is 37.0 Å². The predicted molar refractivity (Wildman–Crippen MR) is 76.2 cm³/mol. The van der Waals surface area contributed by atoms with E-state index in [9.17, 15) is 9.59 Å². The molecule has 0 spiro atoms. The first kappa shape index (κ1) is 16.1. The number of carbonyl (C=O) groups excluding carboxylic acids is 2. The topological polar surface area (TPSA) is 59.5 Å². The Balaban J connectivity index is 2.78. The van der Waals surface area contributed by atoms with Gasteiger partial charge in [0.1, 0.15) is 0 Å². The van der Waals surface area contributed by atoms with Crippen LogP contribution in [-0.4, -0.2) is 42.0 Å². The molecule has 0 aliphatic carbocycles. The second-order valence-corrected chi connectivity index (χ2v) is 4.77. The van der Waals surface area contributed by atoms with Crippen molar-refractivity contribution in [2.45, 2.75) is 26.7 Å². The van der Waals surface area contributed by atoms with Crippen LogP contribution in [0.15, 0.2) is 24.5 Å². The Morgan fingerprint density at radius 1 is 1.45 bits per heavy atom. The molecule has 0 aliphatic heterocycles. The number of hydrogen-bond acceptors (Lipinski definition) is 4. The normalized spacial score (nSPS) is 11.8. The van der Waals surface area contributed by atoms with Gasteiger partial charge in [-0.2, -0.15) is 0 Å². The molecule has 110 valence electrons. The number of ether oxygens (including phenoxy) is 1. The maximum Gasteiger partial charge on any atom is 0.310 e. The van der Waals surface area contributed by atoms with Crippen molar-refractivity contribution >= 4 is 11.9 Å². The van der Waals surface area contributed by atoms with Gasteiger partial charge in [-0.1, -0.05) is 20.3 Å². The summed E-state index contributed by atoms with van der Waals surface area (Å²) < 4.78 is 4.71. The van der Waals surface area contributed by atoms with Gasteiger partial charge in [0.2, 0.25) is 0 Å². The number of hydrogen-bond donors (Lipinski definition) is 0. The molecule has 0 aliphatic rings. The molecule has 1 atom stereocenters. The van der Waals surface area contributed by atoms with Crippen LogP contribution in [0.4, 0.5) is 0 Å². The summed E-state index contributed by atoms with van der Waals surface area (Å²) in [5.41, 5.74) is 0.542. The number of aromatic nitrogens is 1. The van der Waals surface area contributed by atoms with E-state index < -0.39 is 0 Å². The Bertz CT molecular complexity index is 434. The first-order valence-corrected chi connectivity index (χ1v) is 6.87. The smallest absolute Gasteiger partial charge is 0.310 e. The standard InChI is InChI=1S/C15H22N2O3/c1-4-5-9-17(11-12(2)15(19)20-3)14(18)13-7-6-8-16-10-13/h6-8,10,12H,4-5,9,11H2,1-3H3. The van der Waals surface area contributed by atoms with Gasteiger partial charge in [-0.25, -0.2) is 0 Å². The van der Waals surface area contributed by atoms with E-state index >= 15 is 0 Å². The number of rotatable bonds is 7. The third-order valence-corrected chi connectivity index (χ3v) is 3.08. The Morgan fingerprint density at radius 2 is 2.20 bits per heavy atom. The summed E-state index contributed by atoms with van der Waals surface area (Å²) in [6.45, 7) is 4.82. The Kier molecular flexibility index (Phi) is 6.70. The second kappa shape index (κ2) is 8.30. The number of unbranched alkanes of at least 4 members (excludes halogenated alkanes) is 1. The molecule has 5 heteroatoms. The van der Waals surface area contributed by atoms with Gasteiger partial charge in [0, 0.05) is 25.5 Å². The van der Waals surface area contributed by atoms with Crippen LogP contribution in [0.5, 0.6) is 0 Å². The lowest BCUT2D eigenvalue weighted by Gasteiger charge is -2.25. The number of esters is 1. The van der Waals surface area contributed by atoms with Crippen molar-refractivity contribution in [3.05, 3.63) is 30.1 Å². The summed E-state index contributed by atoms with van der Waals surface area (Å²) in [4.78, 5) is 29.6. The molecule has 0 saturated heterocycles. The zero-order valence-electron chi connectivity index (χ0n) is 12.3. The van der Waals surface area contributed by atoms with E-state index in [1.807, 2.05) is 0 Å². The van der Waals surface area contributed by atoms with Crippen LogP contribution >= 0.6 is 0 Å². The van der Waals surface area contributed by atoms with Crippen molar-refractivity contribution in [2.24, 2.45) is 5.92 Å². The molecule has 0 bridgehead atoms. The highest BCUT2D eigenvalue weighted by molar-refractivity contribution is 5.94. The fourth-order valence-electron chi connectivity index (χ4n) is 1.90. The Labute approximate surface area is 119 Å². The van der Waals surface area contributed by atoms with Crippen molar-refractivity contribution in [1.82, 2.24) is 9.88 Å². The van der Waals surface area contributed by atoms with Crippen LogP contribution < -0.4 is 0 Å². The van der Waals surface area contributed by atoms with E-state index in [1.165, 1.54) is 7.11 Å². The van der Waals surface area contributed by atoms with Crippen molar-refractivity contribution < 1.29 is 14.3 Å². The first-order valence-electron chi connectivity index (χ1n) is 6.87. The quantitative estimate of drug-likeness (QED) is 0.717. The zero-order chi connectivity index (χ0) is 15.0. The lowest BCUT2D eigenvalue weighted by atomic mass is 10.1. The zero-order valence-corrected chi connectivity index (χ0v) is 12.3. The Morgan fingerprint density at radius 3 is 2.75 bits per heavy atom. The van der Waals surface area contributed by atoms with E-state index in [-0.39, 0.29) is 17.8 Å². The van der Waals surface area contributed by atoms with Crippen molar-refractivity contribution in [1.29, 1.82) is 0 Å². The molecule has 0 fully saturated rings.